The number of amides is 1. The number of rotatable bonds is 2. The summed E-state index contributed by atoms with van der Waals surface area (Å²) in [5.41, 5.74) is 6.27. The number of carbonyl (C=O) groups is 1. The van der Waals surface area contributed by atoms with Crippen molar-refractivity contribution in [1.82, 2.24) is 4.90 Å². The Balaban J connectivity index is 1.52. The summed E-state index contributed by atoms with van der Waals surface area (Å²) in [7, 11) is 0. The average molecular weight is 292 g/mol. The Morgan fingerprint density at radius 1 is 1.29 bits per heavy atom. The zero-order valence-corrected chi connectivity index (χ0v) is 13.0. The maximum atomic E-state index is 12.8. The van der Waals surface area contributed by atoms with Gasteiger partial charge in [0.15, 0.2) is 0 Å². The Kier molecular flexibility index (Phi) is 3.13. The van der Waals surface area contributed by atoms with Crippen LogP contribution in [0.25, 0.3) is 0 Å². The van der Waals surface area contributed by atoms with Crippen LogP contribution in [0.2, 0.25) is 0 Å². The predicted molar refractivity (Wildman–Crippen MR) is 80.1 cm³/mol. The number of hydrogen-bond donors (Lipinski definition) is 2. The van der Waals surface area contributed by atoms with Crippen LogP contribution in [0.15, 0.2) is 0 Å². The first kappa shape index (κ1) is 14.0. The zero-order chi connectivity index (χ0) is 14.8. The van der Waals surface area contributed by atoms with E-state index in [0.717, 1.165) is 12.8 Å². The van der Waals surface area contributed by atoms with Crippen molar-refractivity contribution in [3.05, 3.63) is 0 Å². The second kappa shape index (κ2) is 4.69. The lowest BCUT2D eigenvalue weighted by Crippen LogP contribution is -2.52. The van der Waals surface area contributed by atoms with Gasteiger partial charge in [-0.05, 0) is 56.8 Å². The third-order valence-corrected chi connectivity index (χ3v) is 7.08. The first-order chi connectivity index (χ1) is 9.99. The normalized spacial score (nSPS) is 52.5. The van der Waals surface area contributed by atoms with E-state index in [2.05, 4.69) is 6.92 Å². The molecular weight excluding hydrogens is 264 g/mol. The molecule has 4 fully saturated rings. The van der Waals surface area contributed by atoms with Crippen molar-refractivity contribution in [2.45, 2.75) is 63.6 Å². The molecule has 4 aliphatic rings. The Morgan fingerprint density at radius 2 is 2.05 bits per heavy atom. The van der Waals surface area contributed by atoms with Crippen molar-refractivity contribution in [2.75, 3.05) is 6.54 Å². The number of fused-ring (bicyclic) bond motifs is 5. The maximum absolute atomic E-state index is 12.8. The van der Waals surface area contributed by atoms with Crippen molar-refractivity contribution in [3.63, 3.8) is 0 Å². The minimum atomic E-state index is -0.546. The van der Waals surface area contributed by atoms with Gasteiger partial charge in [0.2, 0.25) is 5.91 Å². The number of aliphatic hydroxyl groups is 1. The van der Waals surface area contributed by atoms with Gasteiger partial charge in [0.1, 0.15) is 6.23 Å². The summed E-state index contributed by atoms with van der Waals surface area (Å²) < 4.78 is 0. The van der Waals surface area contributed by atoms with Gasteiger partial charge in [-0.3, -0.25) is 4.79 Å². The molecule has 2 unspecified atom stereocenters. The van der Waals surface area contributed by atoms with Crippen LogP contribution in [0.4, 0.5) is 0 Å². The monoisotopic (exact) mass is 292 g/mol. The molecule has 1 aliphatic heterocycles. The molecule has 4 nitrogen and oxygen atoms in total. The highest BCUT2D eigenvalue weighted by Crippen LogP contribution is 2.57. The average Bonchev–Trinajstić information content (AvgIpc) is 3.10. The van der Waals surface area contributed by atoms with Gasteiger partial charge in [0.25, 0.3) is 0 Å². The van der Waals surface area contributed by atoms with Crippen molar-refractivity contribution in [2.24, 2.45) is 35.3 Å². The lowest BCUT2D eigenvalue weighted by atomic mass is 9.74. The summed E-state index contributed by atoms with van der Waals surface area (Å²) in [5.74, 6) is 2.01. The number of aliphatic hydroxyl groups excluding tert-OH is 1. The maximum Gasteiger partial charge on any atom is 0.228 e. The van der Waals surface area contributed by atoms with Gasteiger partial charge in [-0.15, -0.1) is 0 Å². The minimum absolute atomic E-state index is 0.117. The molecule has 3 saturated carbocycles. The van der Waals surface area contributed by atoms with Gasteiger partial charge >= 0.3 is 0 Å². The van der Waals surface area contributed by atoms with Crippen LogP contribution in [0.3, 0.4) is 0 Å². The van der Waals surface area contributed by atoms with Gasteiger partial charge in [0, 0.05) is 23.9 Å². The largest absolute Gasteiger partial charge is 0.373 e. The first-order valence-corrected chi connectivity index (χ1v) is 8.76. The van der Waals surface area contributed by atoms with Crippen LogP contribution in [0.1, 0.15) is 51.9 Å². The van der Waals surface area contributed by atoms with E-state index >= 15 is 0 Å². The molecule has 0 spiro atoms. The molecule has 1 amide bonds. The van der Waals surface area contributed by atoms with Crippen LogP contribution in [-0.4, -0.2) is 34.2 Å². The van der Waals surface area contributed by atoms with E-state index in [4.69, 9.17) is 5.73 Å². The van der Waals surface area contributed by atoms with E-state index in [0.29, 0.717) is 24.3 Å². The summed E-state index contributed by atoms with van der Waals surface area (Å²) in [4.78, 5) is 14.6. The molecule has 0 radical (unpaired) electrons. The van der Waals surface area contributed by atoms with Gasteiger partial charge in [-0.1, -0.05) is 12.8 Å². The Labute approximate surface area is 127 Å². The first-order valence-electron chi connectivity index (χ1n) is 8.76. The fourth-order valence-corrected chi connectivity index (χ4v) is 5.83. The molecule has 0 aromatic rings. The summed E-state index contributed by atoms with van der Waals surface area (Å²) in [5, 5.41) is 10.7. The highest BCUT2D eigenvalue weighted by Gasteiger charge is 2.60. The van der Waals surface area contributed by atoms with Crippen molar-refractivity contribution < 1.29 is 9.90 Å². The number of hydrogen-bond acceptors (Lipinski definition) is 3. The SMILES string of the molecule is C[C@]1(N)CCCC[C@H]1CN1C(=O)[C@H]2C3CC[C@@H](C3)[C@H]2C1O. The second-order valence-electron chi connectivity index (χ2n) is 8.29. The third kappa shape index (κ3) is 1.98. The lowest BCUT2D eigenvalue weighted by molar-refractivity contribution is -0.138. The lowest BCUT2D eigenvalue weighted by Gasteiger charge is -2.41. The van der Waals surface area contributed by atoms with Gasteiger partial charge < -0.3 is 15.7 Å². The van der Waals surface area contributed by atoms with Gasteiger partial charge in [-0.2, -0.15) is 0 Å². The quantitative estimate of drug-likeness (QED) is 0.814. The molecule has 7 atom stereocenters. The fourth-order valence-electron chi connectivity index (χ4n) is 5.83. The predicted octanol–water partition coefficient (Wildman–Crippen LogP) is 1.72. The molecule has 0 aromatic carbocycles. The Morgan fingerprint density at radius 3 is 2.76 bits per heavy atom. The standard InChI is InChI=1S/C17H28N2O2/c1-17(18)7-3-2-4-12(17)9-19-15(20)13-10-5-6-11(8-10)14(13)16(19)21/h10-15,20H,2-9,18H2,1H3/t10-,11?,12-,13+,14-,15?,17-/m0/s1. The summed E-state index contributed by atoms with van der Waals surface area (Å²) in [6, 6.07) is 0. The van der Waals surface area contributed by atoms with Crippen LogP contribution in [0.5, 0.6) is 0 Å². The van der Waals surface area contributed by atoms with E-state index in [1.165, 1.54) is 32.1 Å². The molecule has 4 rings (SSSR count). The summed E-state index contributed by atoms with van der Waals surface area (Å²) >= 11 is 0. The zero-order valence-electron chi connectivity index (χ0n) is 13.0. The van der Waals surface area contributed by atoms with Crippen molar-refractivity contribution in [1.29, 1.82) is 0 Å². The number of likely N-dealkylation sites (tertiary alicyclic amines) is 1. The third-order valence-electron chi connectivity index (χ3n) is 7.08. The van der Waals surface area contributed by atoms with Crippen LogP contribution >= 0.6 is 0 Å². The minimum Gasteiger partial charge on any atom is -0.373 e. The van der Waals surface area contributed by atoms with E-state index in [9.17, 15) is 9.90 Å². The van der Waals surface area contributed by atoms with E-state index in [1.54, 1.807) is 4.90 Å². The second-order valence-corrected chi connectivity index (χ2v) is 8.29. The Hall–Kier alpha value is -0.610. The number of nitrogens with zero attached hydrogens (tertiary/aromatic N) is 1. The van der Waals surface area contributed by atoms with Crippen molar-refractivity contribution in [3.8, 4) is 0 Å². The van der Waals surface area contributed by atoms with Crippen LogP contribution in [0, 0.1) is 29.6 Å². The topological polar surface area (TPSA) is 66.6 Å². The van der Waals surface area contributed by atoms with E-state index in [-0.39, 0.29) is 23.3 Å². The molecule has 118 valence electrons. The molecule has 21 heavy (non-hydrogen) atoms. The Bertz CT molecular complexity index is 450. The molecule has 3 aliphatic carbocycles. The summed E-state index contributed by atoms with van der Waals surface area (Å²) in [6.07, 6.45) is 7.54. The highest BCUT2D eigenvalue weighted by molar-refractivity contribution is 5.83. The molecule has 1 saturated heterocycles. The summed E-state index contributed by atoms with van der Waals surface area (Å²) in [6.45, 7) is 2.79. The van der Waals surface area contributed by atoms with E-state index < -0.39 is 6.23 Å². The fraction of sp³-hybridized carbons (Fsp3) is 0.941. The van der Waals surface area contributed by atoms with Gasteiger partial charge in [0.05, 0.1) is 0 Å². The molecule has 4 heteroatoms. The number of carbonyl (C=O) groups excluding carboxylic acids is 1. The molecule has 1 heterocycles. The number of nitrogens with two attached hydrogens (primary N) is 1. The smallest absolute Gasteiger partial charge is 0.228 e. The van der Waals surface area contributed by atoms with Crippen LogP contribution in [-0.2, 0) is 4.79 Å². The van der Waals surface area contributed by atoms with Crippen molar-refractivity contribution >= 4 is 5.91 Å². The molecule has 3 N–H and O–H groups in total. The van der Waals surface area contributed by atoms with Crippen LogP contribution < -0.4 is 5.73 Å². The molecular formula is C17H28N2O2. The molecule has 0 aromatic heterocycles. The molecule has 2 bridgehead atoms. The van der Waals surface area contributed by atoms with E-state index in [1.807, 2.05) is 0 Å². The van der Waals surface area contributed by atoms with Gasteiger partial charge in [-0.25, -0.2) is 0 Å². The highest BCUT2D eigenvalue weighted by atomic mass is 16.3.